The van der Waals surface area contributed by atoms with Crippen molar-refractivity contribution in [1.29, 1.82) is 0 Å². The van der Waals surface area contributed by atoms with E-state index in [-0.39, 0.29) is 23.8 Å². The number of nitrogens with zero attached hydrogens (tertiary/aromatic N) is 1. The zero-order valence-corrected chi connectivity index (χ0v) is 11.8. The molecule has 0 saturated carbocycles. The third-order valence-electron chi connectivity index (χ3n) is 3.33. The maximum atomic E-state index is 12.1. The van der Waals surface area contributed by atoms with Gasteiger partial charge in [0.1, 0.15) is 5.56 Å². The summed E-state index contributed by atoms with van der Waals surface area (Å²) in [4.78, 5) is 22.6. The number of nitrogens with one attached hydrogen (secondary N) is 1. The van der Waals surface area contributed by atoms with Gasteiger partial charge in [-0.1, -0.05) is 25.5 Å². The van der Waals surface area contributed by atoms with Crippen LogP contribution in [0.25, 0.3) is 0 Å². The smallest absolute Gasteiger partial charge is 0.285 e. The number of aliphatic hydroxyl groups excluding tert-OH is 1. The minimum atomic E-state index is -0.532. The molecule has 1 aromatic carbocycles. The van der Waals surface area contributed by atoms with E-state index >= 15 is 0 Å². The largest absolute Gasteiger partial charge is 0.396 e. The molecule has 0 radical (unpaired) electrons. The highest BCUT2D eigenvalue weighted by Crippen LogP contribution is 2.22. The monoisotopic (exact) mass is 280 g/mol. The van der Waals surface area contributed by atoms with E-state index in [1.165, 1.54) is 6.07 Å². The van der Waals surface area contributed by atoms with Gasteiger partial charge in [0.15, 0.2) is 0 Å². The zero-order chi connectivity index (χ0) is 15.1. The molecule has 0 aromatic heterocycles. The highest BCUT2D eigenvalue weighted by Gasteiger charge is 2.22. The number of aryl methyl sites for hydroxylation is 1. The number of nitro benzene ring substituents is 1. The van der Waals surface area contributed by atoms with Crippen molar-refractivity contribution in [3.05, 3.63) is 39.4 Å². The van der Waals surface area contributed by atoms with Crippen LogP contribution in [0.2, 0.25) is 0 Å². The number of nitro groups is 1. The fourth-order valence-electron chi connectivity index (χ4n) is 2.05. The first kappa shape index (κ1) is 16.1. The maximum Gasteiger partial charge on any atom is 0.285 e. The van der Waals surface area contributed by atoms with Gasteiger partial charge in [-0.25, -0.2) is 0 Å². The predicted molar refractivity (Wildman–Crippen MR) is 75.7 cm³/mol. The molecule has 1 atom stereocenters. The Kier molecular flexibility index (Phi) is 6.11. The molecule has 1 aromatic rings. The molecule has 1 unspecified atom stereocenters. The zero-order valence-electron chi connectivity index (χ0n) is 11.8. The average molecular weight is 280 g/mol. The molecule has 0 saturated heterocycles. The van der Waals surface area contributed by atoms with E-state index in [0.29, 0.717) is 18.5 Å². The van der Waals surface area contributed by atoms with Crippen LogP contribution in [0.5, 0.6) is 0 Å². The van der Waals surface area contributed by atoms with Gasteiger partial charge in [-0.05, 0) is 25.3 Å². The fraction of sp³-hybridized carbons (Fsp3) is 0.500. The highest BCUT2D eigenvalue weighted by atomic mass is 16.6. The standard InChI is InChI=1S/C14H20N2O4/c1-3-11(7-8-17)9-15-14(18)12-6-4-5-10(2)13(12)16(19)20/h4-6,11,17H,3,7-9H2,1-2H3,(H,15,18). The molecule has 0 fully saturated rings. The van der Waals surface area contributed by atoms with Crippen LogP contribution in [0.15, 0.2) is 18.2 Å². The minimum absolute atomic E-state index is 0.0684. The van der Waals surface area contributed by atoms with Crippen molar-refractivity contribution in [2.24, 2.45) is 5.92 Å². The van der Waals surface area contributed by atoms with Crippen LogP contribution in [-0.4, -0.2) is 29.1 Å². The van der Waals surface area contributed by atoms with Crippen LogP contribution >= 0.6 is 0 Å². The molecule has 1 rings (SSSR count). The first-order chi connectivity index (χ1) is 9.51. The Morgan fingerprint density at radius 1 is 1.50 bits per heavy atom. The highest BCUT2D eigenvalue weighted by molar-refractivity contribution is 5.98. The average Bonchev–Trinajstić information content (AvgIpc) is 2.42. The van der Waals surface area contributed by atoms with Gasteiger partial charge >= 0.3 is 0 Å². The van der Waals surface area contributed by atoms with Crippen LogP contribution in [0.3, 0.4) is 0 Å². The maximum absolute atomic E-state index is 12.1. The number of benzene rings is 1. The molecule has 6 heteroatoms. The van der Waals surface area contributed by atoms with Gasteiger partial charge in [-0.3, -0.25) is 14.9 Å². The number of rotatable bonds is 7. The van der Waals surface area contributed by atoms with Crippen LogP contribution in [-0.2, 0) is 0 Å². The Bertz CT molecular complexity index is 488. The number of amides is 1. The molecular formula is C14H20N2O4. The van der Waals surface area contributed by atoms with Crippen LogP contribution < -0.4 is 5.32 Å². The van der Waals surface area contributed by atoms with E-state index in [0.717, 1.165) is 6.42 Å². The van der Waals surface area contributed by atoms with E-state index in [9.17, 15) is 14.9 Å². The first-order valence-corrected chi connectivity index (χ1v) is 6.64. The Morgan fingerprint density at radius 2 is 2.20 bits per heavy atom. The molecule has 2 N–H and O–H groups in total. The summed E-state index contributed by atoms with van der Waals surface area (Å²) in [6.07, 6.45) is 1.43. The lowest BCUT2D eigenvalue weighted by Gasteiger charge is -2.14. The molecule has 6 nitrogen and oxygen atoms in total. The van der Waals surface area contributed by atoms with Gasteiger partial charge in [0.2, 0.25) is 0 Å². The normalized spacial score (nSPS) is 11.9. The summed E-state index contributed by atoms with van der Waals surface area (Å²) >= 11 is 0. The van der Waals surface area contributed by atoms with Crippen molar-refractivity contribution in [2.75, 3.05) is 13.2 Å². The van der Waals surface area contributed by atoms with Gasteiger partial charge in [-0.2, -0.15) is 0 Å². The third-order valence-corrected chi connectivity index (χ3v) is 3.33. The third kappa shape index (κ3) is 4.03. The number of aliphatic hydroxyl groups is 1. The lowest BCUT2D eigenvalue weighted by Crippen LogP contribution is -2.30. The number of carbonyl (C=O) groups excluding carboxylic acids is 1. The summed E-state index contributed by atoms with van der Waals surface area (Å²) in [5.74, 6) is -0.274. The summed E-state index contributed by atoms with van der Waals surface area (Å²) in [5.41, 5.74) is 0.388. The molecule has 1 amide bonds. The van der Waals surface area contributed by atoms with Crippen molar-refractivity contribution in [2.45, 2.75) is 26.7 Å². The fourth-order valence-corrected chi connectivity index (χ4v) is 2.05. The van der Waals surface area contributed by atoms with Crippen LogP contribution in [0.1, 0.15) is 35.7 Å². The van der Waals surface area contributed by atoms with Crippen molar-refractivity contribution >= 4 is 11.6 Å². The van der Waals surface area contributed by atoms with Gasteiger partial charge in [0.05, 0.1) is 4.92 Å². The van der Waals surface area contributed by atoms with Crippen molar-refractivity contribution in [1.82, 2.24) is 5.32 Å². The Hall–Kier alpha value is -1.95. The van der Waals surface area contributed by atoms with E-state index in [1.54, 1.807) is 19.1 Å². The molecule has 0 spiro atoms. The number of para-hydroxylation sites is 1. The minimum Gasteiger partial charge on any atom is -0.396 e. The summed E-state index contributed by atoms with van der Waals surface area (Å²) < 4.78 is 0. The summed E-state index contributed by atoms with van der Waals surface area (Å²) in [6.45, 7) is 4.05. The second kappa shape index (κ2) is 7.59. The van der Waals surface area contributed by atoms with Gasteiger partial charge in [0, 0.05) is 18.7 Å². The molecular weight excluding hydrogens is 260 g/mol. The lowest BCUT2D eigenvalue weighted by molar-refractivity contribution is -0.385. The number of carbonyl (C=O) groups is 1. The molecule has 0 aliphatic heterocycles. The summed E-state index contributed by atoms with van der Waals surface area (Å²) in [7, 11) is 0. The second-order valence-corrected chi connectivity index (χ2v) is 4.72. The van der Waals surface area contributed by atoms with Crippen molar-refractivity contribution in [3.63, 3.8) is 0 Å². The molecule has 0 aliphatic rings. The Labute approximate surface area is 118 Å². The topological polar surface area (TPSA) is 92.5 Å². The number of hydrogen-bond donors (Lipinski definition) is 2. The van der Waals surface area contributed by atoms with Crippen molar-refractivity contribution < 1.29 is 14.8 Å². The van der Waals surface area contributed by atoms with Gasteiger partial charge in [0.25, 0.3) is 11.6 Å². The number of hydrogen-bond acceptors (Lipinski definition) is 4. The quantitative estimate of drug-likeness (QED) is 0.590. The van der Waals surface area contributed by atoms with Gasteiger partial charge in [-0.15, -0.1) is 0 Å². The first-order valence-electron chi connectivity index (χ1n) is 6.64. The molecule has 0 bridgehead atoms. The van der Waals surface area contributed by atoms with E-state index < -0.39 is 10.8 Å². The molecule has 20 heavy (non-hydrogen) atoms. The van der Waals surface area contributed by atoms with Gasteiger partial charge < -0.3 is 10.4 Å². The Morgan fingerprint density at radius 3 is 2.75 bits per heavy atom. The SMILES string of the molecule is CCC(CCO)CNC(=O)c1cccc(C)c1[N+](=O)[O-]. The van der Waals surface area contributed by atoms with E-state index in [2.05, 4.69) is 5.32 Å². The van der Waals surface area contributed by atoms with Crippen molar-refractivity contribution in [3.8, 4) is 0 Å². The lowest BCUT2D eigenvalue weighted by atomic mass is 10.0. The molecule has 110 valence electrons. The van der Waals surface area contributed by atoms with E-state index in [1.807, 2.05) is 6.92 Å². The summed E-state index contributed by atoms with van der Waals surface area (Å²) in [5, 5.41) is 22.6. The predicted octanol–water partition coefficient (Wildman–Crippen LogP) is 2.04. The van der Waals surface area contributed by atoms with E-state index in [4.69, 9.17) is 5.11 Å². The van der Waals surface area contributed by atoms with Crippen LogP contribution in [0, 0.1) is 23.0 Å². The molecule has 0 aliphatic carbocycles. The molecule has 0 heterocycles. The summed E-state index contributed by atoms with van der Waals surface area (Å²) in [6, 6.07) is 4.69. The van der Waals surface area contributed by atoms with Crippen LogP contribution in [0.4, 0.5) is 5.69 Å². The Balaban J connectivity index is 2.83. The second-order valence-electron chi connectivity index (χ2n) is 4.72.